The van der Waals surface area contributed by atoms with Crippen molar-refractivity contribution in [2.45, 2.75) is 25.7 Å². The molecule has 108 valence electrons. The number of hydrogen-bond acceptors (Lipinski definition) is 3. The van der Waals surface area contributed by atoms with Crippen LogP contribution < -0.4 is 11.1 Å². The van der Waals surface area contributed by atoms with Crippen molar-refractivity contribution < 1.29 is 14.7 Å². The van der Waals surface area contributed by atoms with Crippen LogP contribution in [0, 0.1) is 5.41 Å². The molecule has 5 nitrogen and oxygen atoms in total. The van der Waals surface area contributed by atoms with Crippen molar-refractivity contribution in [1.29, 1.82) is 0 Å². The highest BCUT2D eigenvalue weighted by atomic mass is 35.5. The Labute approximate surface area is 122 Å². The van der Waals surface area contributed by atoms with Gasteiger partial charge in [0.05, 0.1) is 21.7 Å². The Morgan fingerprint density at radius 2 is 2.00 bits per heavy atom. The van der Waals surface area contributed by atoms with E-state index in [9.17, 15) is 9.59 Å². The van der Waals surface area contributed by atoms with Crippen LogP contribution in [0.2, 0.25) is 5.02 Å². The Morgan fingerprint density at radius 3 is 2.50 bits per heavy atom. The van der Waals surface area contributed by atoms with E-state index < -0.39 is 11.4 Å². The highest BCUT2D eigenvalue weighted by molar-refractivity contribution is 6.34. The van der Waals surface area contributed by atoms with Crippen LogP contribution in [0.1, 0.15) is 36.0 Å². The van der Waals surface area contributed by atoms with Gasteiger partial charge in [-0.1, -0.05) is 24.4 Å². The maximum atomic E-state index is 12.4. The van der Waals surface area contributed by atoms with Crippen molar-refractivity contribution in [3.63, 3.8) is 0 Å². The second-order valence-electron chi connectivity index (χ2n) is 5.15. The van der Waals surface area contributed by atoms with Gasteiger partial charge in [-0.15, -0.1) is 0 Å². The summed E-state index contributed by atoms with van der Waals surface area (Å²) in [5.74, 6) is -1.19. The van der Waals surface area contributed by atoms with E-state index in [1.54, 1.807) is 0 Å². The van der Waals surface area contributed by atoms with Crippen molar-refractivity contribution in [3.05, 3.63) is 28.8 Å². The first-order valence-electron chi connectivity index (χ1n) is 6.53. The fourth-order valence-corrected chi connectivity index (χ4v) is 2.81. The maximum absolute atomic E-state index is 12.4. The Balaban J connectivity index is 2.17. The summed E-state index contributed by atoms with van der Waals surface area (Å²) in [6, 6.07) is 4.24. The molecular weight excluding hydrogens is 280 g/mol. The minimum absolute atomic E-state index is 0.0856. The molecule has 0 bridgehead atoms. The van der Waals surface area contributed by atoms with Gasteiger partial charge in [-0.05, 0) is 31.0 Å². The summed E-state index contributed by atoms with van der Waals surface area (Å²) in [5, 5.41) is 11.8. The number of rotatable bonds is 4. The fraction of sp³-hybridized carbons (Fsp3) is 0.429. The lowest BCUT2D eigenvalue weighted by atomic mass is 9.85. The number of nitrogens with two attached hydrogens (primary N) is 1. The van der Waals surface area contributed by atoms with Gasteiger partial charge in [0.15, 0.2) is 0 Å². The van der Waals surface area contributed by atoms with Gasteiger partial charge in [0, 0.05) is 6.54 Å². The van der Waals surface area contributed by atoms with E-state index in [0.717, 1.165) is 25.7 Å². The minimum Gasteiger partial charge on any atom is -0.478 e. The van der Waals surface area contributed by atoms with Crippen molar-refractivity contribution >= 4 is 29.2 Å². The molecule has 0 aliphatic heterocycles. The maximum Gasteiger partial charge on any atom is 0.335 e. The molecule has 1 fully saturated rings. The molecule has 0 heterocycles. The molecule has 20 heavy (non-hydrogen) atoms. The lowest BCUT2D eigenvalue weighted by Crippen LogP contribution is -2.40. The lowest BCUT2D eigenvalue weighted by Gasteiger charge is -2.26. The molecule has 0 atom stereocenters. The fourth-order valence-electron chi connectivity index (χ4n) is 2.58. The van der Waals surface area contributed by atoms with Gasteiger partial charge in [0.25, 0.3) is 0 Å². The zero-order valence-corrected chi connectivity index (χ0v) is 11.7. The second kappa shape index (κ2) is 5.81. The molecule has 4 N–H and O–H groups in total. The summed E-state index contributed by atoms with van der Waals surface area (Å²) in [6.45, 7) is 0.309. The zero-order chi connectivity index (χ0) is 14.8. The van der Waals surface area contributed by atoms with E-state index in [0.29, 0.717) is 12.2 Å². The molecule has 1 amide bonds. The first-order valence-corrected chi connectivity index (χ1v) is 6.91. The van der Waals surface area contributed by atoms with Gasteiger partial charge < -0.3 is 16.2 Å². The average molecular weight is 297 g/mol. The molecule has 2 rings (SSSR count). The van der Waals surface area contributed by atoms with Gasteiger partial charge in [-0.3, -0.25) is 4.79 Å². The van der Waals surface area contributed by atoms with Crippen LogP contribution in [0.4, 0.5) is 5.69 Å². The molecule has 0 aromatic heterocycles. The monoisotopic (exact) mass is 296 g/mol. The van der Waals surface area contributed by atoms with E-state index >= 15 is 0 Å². The van der Waals surface area contributed by atoms with Crippen molar-refractivity contribution in [3.8, 4) is 0 Å². The Morgan fingerprint density at radius 1 is 1.35 bits per heavy atom. The number of nitrogens with one attached hydrogen (secondary N) is 1. The van der Waals surface area contributed by atoms with Gasteiger partial charge in [0.1, 0.15) is 0 Å². The van der Waals surface area contributed by atoms with Crippen LogP contribution in [0.15, 0.2) is 18.2 Å². The van der Waals surface area contributed by atoms with Crippen LogP contribution in [0.25, 0.3) is 0 Å². The molecular formula is C14H17ClN2O3. The molecule has 0 unspecified atom stereocenters. The zero-order valence-electron chi connectivity index (χ0n) is 11.0. The minimum atomic E-state index is -1.06. The normalized spacial score (nSPS) is 16.9. The standard InChI is InChI=1S/C14H17ClN2O3/c15-10-7-9(12(18)19)3-4-11(10)17-13(20)14(8-16)5-1-2-6-14/h3-4,7H,1-2,5-6,8,16H2,(H,17,20)(H,18,19). The number of carbonyl (C=O) groups excluding carboxylic acids is 1. The largest absolute Gasteiger partial charge is 0.478 e. The smallest absolute Gasteiger partial charge is 0.335 e. The summed E-state index contributed by atoms with van der Waals surface area (Å²) in [5.41, 5.74) is 5.74. The molecule has 1 aromatic rings. The Hall–Kier alpha value is -1.59. The first kappa shape index (κ1) is 14.8. The number of halogens is 1. The van der Waals surface area contributed by atoms with Gasteiger partial charge in [0.2, 0.25) is 5.91 Å². The lowest BCUT2D eigenvalue weighted by molar-refractivity contribution is -0.124. The van der Waals surface area contributed by atoms with Crippen LogP contribution in [0.5, 0.6) is 0 Å². The van der Waals surface area contributed by atoms with Gasteiger partial charge in [-0.2, -0.15) is 0 Å². The van der Waals surface area contributed by atoms with E-state index in [4.69, 9.17) is 22.4 Å². The molecule has 1 saturated carbocycles. The van der Waals surface area contributed by atoms with Crippen molar-refractivity contribution in [2.24, 2.45) is 11.1 Å². The number of amides is 1. The quantitative estimate of drug-likeness (QED) is 0.796. The van der Waals surface area contributed by atoms with Gasteiger partial charge in [-0.25, -0.2) is 4.79 Å². The number of carbonyl (C=O) groups is 2. The molecule has 0 saturated heterocycles. The summed E-state index contributed by atoms with van der Waals surface area (Å²) < 4.78 is 0. The summed E-state index contributed by atoms with van der Waals surface area (Å²) in [7, 11) is 0. The third-order valence-corrected chi connectivity index (χ3v) is 4.21. The van der Waals surface area contributed by atoms with E-state index in [1.807, 2.05) is 0 Å². The molecule has 0 radical (unpaired) electrons. The second-order valence-corrected chi connectivity index (χ2v) is 5.55. The molecule has 1 aromatic carbocycles. The van der Waals surface area contributed by atoms with Crippen molar-refractivity contribution in [2.75, 3.05) is 11.9 Å². The molecule has 1 aliphatic rings. The summed E-state index contributed by atoms with van der Waals surface area (Å²) >= 11 is 6.00. The first-order chi connectivity index (χ1) is 9.48. The molecule has 0 spiro atoms. The predicted octanol–water partition coefficient (Wildman–Crippen LogP) is 2.50. The van der Waals surface area contributed by atoms with Crippen LogP contribution >= 0.6 is 11.6 Å². The van der Waals surface area contributed by atoms with E-state index in [2.05, 4.69) is 5.32 Å². The number of carboxylic acid groups (broad SMARTS) is 1. The Bertz CT molecular complexity index is 539. The Kier molecular flexibility index (Phi) is 4.30. The number of anilines is 1. The highest BCUT2D eigenvalue weighted by Crippen LogP contribution is 2.38. The third kappa shape index (κ3) is 2.78. The van der Waals surface area contributed by atoms with Gasteiger partial charge >= 0.3 is 5.97 Å². The number of benzene rings is 1. The third-order valence-electron chi connectivity index (χ3n) is 3.90. The van der Waals surface area contributed by atoms with Crippen LogP contribution in [-0.4, -0.2) is 23.5 Å². The molecule has 6 heteroatoms. The number of aromatic carboxylic acids is 1. The predicted molar refractivity (Wildman–Crippen MR) is 77.0 cm³/mol. The average Bonchev–Trinajstić information content (AvgIpc) is 2.90. The molecule has 1 aliphatic carbocycles. The highest BCUT2D eigenvalue weighted by Gasteiger charge is 2.39. The number of carboxylic acids is 1. The van der Waals surface area contributed by atoms with Crippen LogP contribution in [-0.2, 0) is 4.79 Å². The van der Waals surface area contributed by atoms with Crippen molar-refractivity contribution in [1.82, 2.24) is 0 Å². The van der Waals surface area contributed by atoms with Crippen LogP contribution in [0.3, 0.4) is 0 Å². The number of hydrogen-bond donors (Lipinski definition) is 3. The van der Waals surface area contributed by atoms with E-state index in [-0.39, 0.29) is 16.5 Å². The SMILES string of the molecule is NCC1(C(=O)Nc2ccc(C(=O)O)cc2Cl)CCCC1. The van der Waals surface area contributed by atoms with E-state index in [1.165, 1.54) is 18.2 Å². The summed E-state index contributed by atoms with van der Waals surface area (Å²) in [6.07, 6.45) is 3.55. The summed E-state index contributed by atoms with van der Waals surface area (Å²) in [4.78, 5) is 23.2. The topological polar surface area (TPSA) is 92.4 Å².